The van der Waals surface area contributed by atoms with E-state index in [1.54, 1.807) is 11.3 Å². The Morgan fingerprint density at radius 2 is 2.05 bits per heavy atom. The van der Waals surface area contributed by atoms with E-state index in [1.165, 1.54) is 4.88 Å². The largest absolute Gasteiger partial charge is 0.439 e. The van der Waals surface area contributed by atoms with Crippen LogP contribution < -0.4 is 10.6 Å². The molecule has 1 aromatic carbocycles. The number of alkyl carbamates (subject to hydrolysis) is 1. The van der Waals surface area contributed by atoms with Gasteiger partial charge in [-0.25, -0.2) is 4.79 Å². The summed E-state index contributed by atoms with van der Waals surface area (Å²) < 4.78 is 5.22. The normalized spacial score (nSPS) is 20.3. The molecule has 1 fully saturated rings. The molecule has 3 rings (SSSR count). The van der Waals surface area contributed by atoms with Crippen molar-refractivity contribution >= 4 is 23.3 Å². The number of thiophene rings is 1. The van der Waals surface area contributed by atoms with Crippen molar-refractivity contribution in [3.05, 3.63) is 58.3 Å². The van der Waals surface area contributed by atoms with E-state index in [-0.39, 0.29) is 5.91 Å². The highest BCUT2D eigenvalue weighted by Crippen LogP contribution is 2.26. The maximum Gasteiger partial charge on any atom is 0.408 e. The zero-order chi connectivity index (χ0) is 15.4. The molecule has 2 N–H and O–H groups in total. The molecule has 2 amide bonds. The molecule has 114 valence electrons. The molecular weight excluding hydrogens is 300 g/mol. The summed E-state index contributed by atoms with van der Waals surface area (Å²) >= 11 is 1.66. The van der Waals surface area contributed by atoms with E-state index in [2.05, 4.69) is 10.6 Å². The van der Waals surface area contributed by atoms with Crippen LogP contribution in [0.1, 0.15) is 16.5 Å². The summed E-state index contributed by atoms with van der Waals surface area (Å²) in [6.45, 7) is 0.535. The molecule has 2 heterocycles. The van der Waals surface area contributed by atoms with Gasteiger partial charge >= 0.3 is 6.09 Å². The van der Waals surface area contributed by atoms with Gasteiger partial charge in [-0.3, -0.25) is 4.79 Å². The number of ether oxygens (including phenoxy) is 1. The monoisotopic (exact) mass is 316 g/mol. The molecule has 0 spiro atoms. The van der Waals surface area contributed by atoms with Crippen LogP contribution in [0, 0.1) is 0 Å². The standard InChI is InChI=1S/C16H16N2O3S/c19-15(17-9-8-12-7-4-10-22-12)13-14(21-16(20)18-13)11-5-2-1-3-6-11/h1-7,10,13-14H,8-9H2,(H,17,19)(H,18,20). The number of carbonyl (C=O) groups is 2. The number of carbonyl (C=O) groups excluding carboxylic acids is 2. The van der Waals surface area contributed by atoms with Gasteiger partial charge < -0.3 is 15.4 Å². The molecule has 6 heteroatoms. The van der Waals surface area contributed by atoms with E-state index in [9.17, 15) is 9.59 Å². The summed E-state index contributed by atoms with van der Waals surface area (Å²) in [7, 11) is 0. The Hall–Kier alpha value is -2.34. The van der Waals surface area contributed by atoms with Crippen molar-refractivity contribution in [1.29, 1.82) is 0 Å². The molecule has 0 saturated carbocycles. The summed E-state index contributed by atoms with van der Waals surface area (Å²) in [5.74, 6) is -0.226. The van der Waals surface area contributed by atoms with E-state index in [1.807, 2.05) is 47.8 Å². The van der Waals surface area contributed by atoms with Crippen LogP contribution >= 0.6 is 11.3 Å². The van der Waals surface area contributed by atoms with E-state index >= 15 is 0 Å². The minimum absolute atomic E-state index is 0.226. The van der Waals surface area contributed by atoms with Crippen molar-refractivity contribution in [2.24, 2.45) is 0 Å². The maximum absolute atomic E-state index is 12.3. The third-order valence-corrected chi connectivity index (χ3v) is 4.41. The number of hydrogen-bond acceptors (Lipinski definition) is 4. The van der Waals surface area contributed by atoms with Crippen molar-refractivity contribution in [3.8, 4) is 0 Å². The van der Waals surface area contributed by atoms with Crippen LogP contribution in [0.25, 0.3) is 0 Å². The maximum atomic E-state index is 12.3. The lowest BCUT2D eigenvalue weighted by atomic mass is 10.0. The fourth-order valence-corrected chi connectivity index (χ4v) is 3.11. The van der Waals surface area contributed by atoms with Gasteiger partial charge in [0, 0.05) is 11.4 Å². The predicted molar refractivity (Wildman–Crippen MR) is 83.6 cm³/mol. The average molecular weight is 316 g/mol. The van der Waals surface area contributed by atoms with Gasteiger partial charge in [0.05, 0.1) is 0 Å². The summed E-state index contributed by atoms with van der Waals surface area (Å²) in [4.78, 5) is 25.0. The molecule has 2 unspecified atom stereocenters. The van der Waals surface area contributed by atoms with Crippen molar-refractivity contribution in [3.63, 3.8) is 0 Å². The van der Waals surface area contributed by atoms with Gasteiger partial charge in [0.15, 0.2) is 12.1 Å². The zero-order valence-corrected chi connectivity index (χ0v) is 12.6. The molecule has 0 radical (unpaired) electrons. The van der Waals surface area contributed by atoms with Gasteiger partial charge in [-0.1, -0.05) is 36.4 Å². The number of amides is 2. The van der Waals surface area contributed by atoms with Gasteiger partial charge in [-0.2, -0.15) is 0 Å². The lowest BCUT2D eigenvalue weighted by Gasteiger charge is -2.16. The first kappa shape index (κ1) is 14.6. The Morgan fingerprint density at radius 3 is 2.77 bits per heavy atom. The second-order valence-corrected chi connectivity index (χ2v) is 6.01. The number of hydrogen-bond donors (Lipinski definition) is 2. The van der Waals surface area contributed by atoms with Crippen LogP contribution in [-0.4, -0.2) is 24.6 Å². The van der Waals surface area contributed by atoms with E-state index in [0.29, 0.717) is 6.54 Å². The molecule has 1 saturated heterocycles. The van der Waals surface area contributed by atoms with Crippen LogP contribution in [-0.2, 0) is 16.0 Å². The van der Waals surface area contributed by atoms with Crippen LogP contribution in [0.3, 0.4) is 0 Å². The molecule has 0 aliphatic carbocycles. The van der Waals surface area contributed by atoms with Crippen molar-refractivity contribution in [2.45, 2.75) is 18.6 Å². The van der Waals surface area contributed by atoms with Crippen LogP contribution in [0.4, 0.5) is 4.79 Å². The number of rotatable bonds is 5. The van der Waals surface area contributed by atoms with E-state index in [0.717, 1.165) is 12.0 Å². The Kier molecular flexibility index (Phi) is 4.39. The fourth-order valence-electron chi connectivity index (χ4n) is 2.40. The number of cyclic esters (lactones) is 1. The van der Waals surface area contributed by atoms with Crippen LogP contribution in [0.5, 0.6) is 0 Å². The summed E-state index contributed by atoms with van der Waals surface area (Å²) in [6.07, 6.45) is -0.372. The third kappa shape index (κ3) is 3.28. The Bertz CT molecular complexity index is 643. The quantitative estimate of drug-likeness (QED) is 0.889. The SMILES string of the molecule is O=C1NC(C(=O)NCCc2cccs2)C(c2ccccc2)O1. The van der Waals surface area contributed by atoms with Gasteiger partial charge in [0.2, 0.25) is 5.91 Å². The first-order chi connectivity index (χ1) is 10.7. The molecule has 2 aromatic rings. The first-order valence-electron chi connectivity index (χ1n) is 7.06. The number of nitrogens with one attached hydrogen (secondary N) is 2. The van der Waals surface area contributed by atoms with E-state index in [4.69, 9.17) is 4.74 Å². The molecule has 22 heavy (non-hydrogen) atoms. The lowest BCUT2D eigenvalue weighted by molar-refractivity contribution is -0.124. The second kappa shape index (κ2) is 6.62. The minimum Gasteiger partial charge on any atom is -0.439 e. The Labute approximate surface area is 132 Å². The van der Waals surface area contributed by atoms with Gasteiger partial charge in [-0.05, 0) is 23.4 Å². The molecular formula is C16H16N2O3S. The van der Waals surface area contributed by atoms with Crippen molar-refractivity contribution < 1.29 is 14.3 Å². The smallest absolute Gasteiger partial charge is 0.408 e. The highest BCUT2D eigenvalue weighted by atomic mass is 32.1. The molecule has 0 bridgehead atoms. The molecule has 1 aliphatic heterocycles. The van der Waals surface area contributed by atoms with Crippen molar-refractivity contribution in [1.82, 2.24) is 10.6 Å². The predicted octanol–water partition coefficient (Wildman–Crippen LogP) is 2.26. The van der Waals surface area contributed by atoms with Crippen LogP contribution in [0.15, 0.2) is 47.8 Å². The molecule has 1 aromatic heterocycles. The summed E-state index contributed by atoms with van der Waals surface area (Å²) in [5.41, 5.74) is 0.805. The molecule has 5 nitrogen and oxygen atoms in total. The fraction of sp³-hybridized carbons (Fsp3) is 0.250. The van der Waals surface area contributed by atoms with Gasteiger partial charge in [-0.15, -0.1) is 11.3 Å². The van der Waals surface area contributed by atoms with Crippen molar-refractivity contribution in [2.75, 3.05) is 6.54 Å². The number of benzene rings is 1. The first-order valence-corrected chi connectivity index (χ1v) is 7.94. The lowest BCUT2D eigenvalue weighted by Crippen LogP contribution is -2.44. The molecule has 1 aliphatic rings. The zero-order valence-electron chi connectivity index (χ0n) is 11.8. The van der Waals surface area contributed by atoms with Crippen LogP contribution in [0.2, 0.25) is 0 Å². The Morgan fingerprint density at radius 1 is 1.23 bits per heavy atom. The van der Waals surface area contributed by atoms with Gasteiger partial charge in [0.1, 0.15) is 0 Å². The van der Waals surface area contributed by atoms with Gasteiger partial charge in [0.25, 0.3) is 0 Å². The second-order valence-electron chi connectivity index (χ2n) is 4.98. The topological polar surface area (TPSA) is 67.4 Å². The van der Waals surface area contributed by atoms with E-state index < -0.39 is 18.2 Å². The summed E-state index contributed by atoms with van der Waals surface area (Å²) in [5, 5.41) is 7.44. The highest BCUT2D eigenvalue weighted by molar-refractivity contribution is 7.09. The summed E-state index contributed by atoms with van der Waals surface area (Å²) in [6, 6.07) is 12.6. The average Bonchev–Trinajstić information content (AvgIpc) is 3.17. The Balaban J connectivity index is 1.61. The molecule has 2 atom stereocenters. The minimum atomic E-state index is -0.696. The third-order valence-electron chi connectivity index (χ3n) is 3.47. The highest BCUT2D eigenvalue weighted by Gasteiger charge is 2.39.